The highest BCUT2D eigenvalue weighted by molar-refractivity contribution is 7.89. The Morgan fingerprint density at radius 2 is 1.74 bits per heavy atom. The van der Waals surface area contributed by atoms with E-state index in [0.29, 0.717) is 37.7 Å². The van der Waals surface area contributed by atoms with Gasteiger partial charge in [-0.1, -0.05) is 12.1 Å². The minimum absolute atomic E-state index is 0.0623. The average molecular weight is 441 g/mol. The zero-order valence-electron chi connectivity index (χ0n) is 16.9. The number of hydrogen-bond donors (Lipinski definition) is 1. The fourth-order valence-corrected chi connectivity index (χ4v) is 5.25. The number of para-hydroxylation sites is 1. The summed E-state index contributed by atoms with van der Waals surface area (Å²) in [6, 6.07) is 12.5. The van der Waals surface area contributed by atoms with Crippen molar-refractivity contribution in [2.24, 2.45) is 0 Å². The first kappa shape index (κ1) is 19.8. The monoisotopic (exact) mass is 440 g/mol. The summed E-state index contributed by atoms with van der Waals surface area (Å²) in [7, 11) is -3.70. The molecule has 1 fully saturated rings. The molecule has 160 valence electrons. The van der Waals surface area contributed by atoms with Crippen LogP contribution in [0, 0.1) is 12.7 Å². The topological polar surface area (TPSA) is 92.5 Å². The Hall–Kier alpha value is -3.11. The molecule has 4 aromatic rings. The molecule has 8 nitrogen and oxygen atoms in total. The van der Waals surface area contributed by atoms with Gasteiger partial charge in [0.1, 0.15) is 11.6 Å². The van der Waals surface area contributed by atoms with Crippen LogP contribution in [-0.2, 0) is 10.0 Å². The molecule has 10 heteroatoms. The molecule has 1 aliphatic heterocycles. The summed E-state index contributed by atoms with van der Waals surface area (Å²) in [4.78, 5) is 11.5. The molecule has 31 heavy (non-hydrogen) atoms. The van der Waals surface area contributed by atoms with Crippen molar-refractivity contribution in [2.45, 2.75) is 30.7 Å². The highest BCUT2D eigenvalue weighted by Gasteiger charge is 2.27. The number of aromatic nitrogens is 4. The Balaban J connectivity index is 1.37. The van der Waals surface area contributed by atoms with E-state index in [-0.39, 0.29) is 10.9 Å². The Morgan fingerprint density at radius 3 is 2.48 bits per heavy atom. The summed E-state index contributed by atoms with van der Waals surface area (Å²) < 4.78 is 42.8. The van der Waals surface area contributed by atoms with E-state index < -0.39 is 15.8 Å². The fraction of sp³-hybridized carbons (Fsp3) is 0.286. The number of nitrogens with zero attached hydrogens (tertiary/aromatic N) is 5. The predicted octanol–water partition coefficient (Wildman–Crippen LogP) is 2.67. The third kappa shape index (κ3) is 3.72. The van der Waals surface area contributed by atoms with Gasteiger partial charge in [0.15, 0.2) is 5.65 Å². The second-order valence-electron chi connectivity index (χ2n) is 7.66. The molecule has 2 aromatic heterocycles. The number of sulfonamides is 1. The van der Waals surface area contributed by atoms with E-state index in [1.165, 1.54) is 12.1 Å². The van der Waals surface area contributed by atoms with Crippen LogP contribution in [0.5, 0.6) is 0 Å². The van der Waals surface area contributed by atoms with Crippen LogP contribution in [0.2, 0.25) is 0 Å². The molecule has 0 spiro atoms. The van der Waals surface area contributed by atoms with Crippen LogP contribution in [0.1, 0.15) is 18.7 Å². The lowest BCUT2D eigenvalue weighted by Crippen LogP contribution is -2.45. The predicted molar refractivity (Wildman–Crippen MR) is 115 cm³/mol. The van der Waals surface area contributed by atoms with Gasteiger partial charge in [-0.15, -0.1) is 5.10 Å². The summed E-state index contributed by atoms with van der Waals surface area (Å²) in [6.45, 7) is 3.09. The molecule has 1 N–H and O–H groups in total. The van der Waals surface area contributed by atoms with Crippen LogP contribution in [-0.4, -0.2) is 47.1 Å². The van der Waals surface area contributed by atoms with Crippen LogP contribution in [0.3, 0.4) is 0 Å². The van der Waals surface area contributed by atoms with Crippen molar-refractivity contribution < 1.29 is 12.8 Å². The number of rotatable bonds is 4. The number of halogens is 1. The summed E-state index contributed by atoms with van der Waals surface area (Å²) in [5.74, 6) is 0.903. The molecular formula is C21H21FN6O2S. The van der Waals surface area contributed by atoms with Gasteiger partial charge in [0.05, 0.1) is 10.4 Å². The van der Waals surface area contributed by atoms with E-state index in [9.17, 15) is 12.8 Å². The highest BCUT2D eigenvalue weighted by atomic mass is 32.2. The van der Waals surface area contributed by atoms with Gasteiger partial charge in [-0.2, -0.15) is 4.52 Å². The third-order valence-corrected chi connectivity index (χ3v) is 7.03. The van der Waals surface area contributed by atoms with Gasteiger partial charge in [0, 0.05) is 24.5 Å². The van der Waals surface area contributed by atoms with Gasteiger partial charge in [0.25, 0.3) is 0 Å². The van der Waals surface area contributed by atoms with Crippen LogP contribution in [0.4, 0.5) is 10.3 Å². The van der Waals surface area contributed by atoms with Crippen molar-refractivity contribution in [3.8, 4) is 0 Å². The first-order valence-corrected chi connectivity index (χ1v) is 11.5. The smallest absolute Gasteiger partial charge is 0.240 e. The van der Waals surface area contributed by atoms with Crippen molar-refractivity contribution in [3.05, 3.63) is 60.2 Å². The molecule has 0 radical (unpaired) electrons. The van der Waals surface area contributed by atoms with Crippen LogP contribution < -0.4 is 9.62 Å². The van der Waals surface area contributed by atoms with E-state index in [1.807, 2.05) is 31.2 Å². The number of anilines is 1. The molecule has 1 saturated heterocycles. The molecule has 0 amide bonds. The second kappa shape index (κ2) is 7.54. The Labute approximate surface area is 178 Å². The lowest BCUT2D eigenvalue weighted by Gasteiger charge is -2.32. The van der Waals surface area contributed by atoms with Crippen LogP contribution in [0.25, 0.3) is 16.6 Å². The molecule has 0 unspecified atom stereocenters. The zero-order chi connectivity index (χ0) is 21.6. The minimum atomic E-state index is -3.70. The Kier molecular flexibility index (Phi) is 4.82. The summed E-state index contributed by atoms with van der Waals surface area (Å²) in [5, 5.41) is 5.46. The van der Waals surface area contributed by atoms with Gasteiger partial charge in [-0.3, -0.25) is 0 Å². The normalized spacial score (nSPS) is 15.7. The molecule has 1 aliphatic rings. The maximum absolute atomic E-state index is 13.1. The number of aryl methyl sites for hydroxylation is 1. The van der Waals surface area contributed by atoms with Gasteiger partial charge in [-0.05, 0) is 56.2 Å². The minimum Gasteiger partial charge on any atom is -0.341 e. The van der Waals surface area contributed by atoms with Gasteiger partial charge in [0.2, 0.25) is 16.0 Å². The van der Waals surface area contributed by atoms with Gasteiger partial charge in [-0.25, -0.2) is 27.5 Å². The van der Waals surface area contributed by atoms with E-state index >= 15 is 0 Å². The molecule has 2 aromatic carbocycles. The van der Waals surface area contributed by atoms with Crippen molar-refractivity contribution in [2.75, 3.05) is 18.0 Å². The third-order valence-electron chi connectivity index (χ3n) is 5.49. The van der Waals surface area contributed by atoms with Crippen molar-refractivity contribution in [3.63, 3.8) is 0 Å². The maximum atomic E-state index is 13.1. The molecule has 0 bridgehead atoms. The lowest BCUT2D eigenvalue weighted by molar-refractivity contribution is 0.455. The number of benzene rings is 2. The van der Waals surface area contributed by atoms with Crippen LogP contribution >= 0.6 is 0 Å². The number of piperidine rings is 1. The number of nitrogens with one attached hydrogen (secondary N) is 1. The van der Waals surface area contributed by atoms with E-state index in [1.54, 1.807) is 4.52 Å². The fourth-order valence-electron chi connectivity index (χ4n) is 3.95. The molecule has 0 atom stereocenters. The lowest BCUT2D eigenvalue weighted by atomic mass is 10.1. The average Bonchev–Trinajstić information content (AvgIpc) is 3.15. The SMILES string of the molecule is Cc1nc2c3ccccc3nc(N3CCC(NS(=O)(=O)c4ccc(F)cc4)CC3)n2n1. The first-order valence-electron chi connectivity index (χ1n) is 10.1. The van der Waals surface area contributed by atoms with Crippen molar-refractivity contribution in [1.82, 2.24) is 24.3 Å². The van der Waals surface area contributed by atoms with Crippen LogP contribution in [0.15, 0.2) is 53.4 Å². The summed E-state index contributed by atoms with van der Waals surface area (Å²) in [6.07, 6.45) is 1.23. The highest BCUT2D eigenvalue weighted by Crippen LogP contribution is 2.25. The summed E-state index contributed by atoms with van der Waals surface area (Å²) >= 11 is 0. The van der Waals surface area contributed by atoms with Crippen molar-refractivity contribution >= 4 is 32.5 Å². The Bertz CT molecular complexity index is 1360. The maximum Gasteiger partial charge on any atom is 0.240 e. The standard InChI is InChI=1S/C21H21FN6O2S/c1-14-23-20-18-4-2-3-5-19(18)24-21(28(20)25-14)27-12-10-16(11-13-27)26-31(29,30)17-8-6-15(22)7-9-17/h2-9,16,26H,10-13H2,1H3. The second-order valence-corrected chi connectivity index (χ2v) is 9.37. The van der Waals surface area contributed by atoms with E-state index in [2.05, 4.69) is 19.7 Å². The molecule has 0 aliphatic carbocycles. The number of hydrogen-bond acceptors (Lipinski definition) is 6. The van der Waals surface area contributed by atoms with Gasteiger partial charge < -0.3 is 4.90 Å². The van der Waals surface area contributed by atoms with E-state index in [4.69, 9.17) is 4.98 Å². The molecular weight excluding hydrogens is 419 g/mol. The Morgan fingerprint density at radius 1 is 1.03 bits per heavy atom. The molecule has 5 rings (SSSR count). The first-order chi connectivity index (χ1) is 14.9. The quantitative estimate of drug-likeness (QED) is 0.525. The molecule has 0 saturated carbocycles. The molecule has 3 heterocycles. The largest absolute Gasteiger partial charge is 0.341 e. The zero-order valence-corrected chi connectivity index (χ0v) is 17.7. The van der Waals surface area contributed by atoms with Gasteiger partial charge >= 0.3 is 0 Å². The number of fused-ring (bicyclic) bond motifs is 3. The summed E-state index contributed by atoms with van der Waals surface area (Å²) in [5.41, 5.74) is 1.61. The van der Waals surface area contributed by atoms with E-state index in [0.717, 1.165) is 28.7 Å². The van der Waals surface area contributed by atoms with Crippen molar-refractivity contribution in [1.29, 1.82) is 0 Å².